The summed E-state index contributed by atoms with van der Waals surface area (Å²) < 4.78 is 0. The molecule has 0 radical (unpaired) electrons. The fourth-order valence-electron chi connectivity index (χ4n) is 8.55. The second-order valence-corrected chi connectivity index (χ2v) is 14.0. The summed E-state index contributed by atoms with van der Waals surface area (Å²) in [5, 5.41) is 32.2. The molecule has 6 rings (SSSR count). The van der Waals surface area contributed by atoms with Crippen LogP contribution in [0.3, 0.4) is 0 Å². The summed E-state index contributed by atoms with van der Waals surface area (Å²) in [5.74, 6) is 4.23. The monoisotopic (exact) mass is 512 g/mol. The predicted octanol–water partition coefficient (Wildman–Crippen LogP) is 7.39. The van der Waals surface area contributed by atoms with E-state index in [2.05, 4.69) is 35.7 Å². The van der Waals surface area contributed by atoms with Crippen molar-refractivity contribution in [3.05, 3.63) is 33.2 Å². The molecule has 5 aliphatic carbocycles. The maximum atomic E-state index is 9.45. The van der Waals surface area contributed by atoms with E-state index in [9.17, 15) is 15.8 Å². The molecule has 7 unspecified atom stereocenters. The van der Waals surface area contributed by atoms with Crippen LogP contribution in [0, 0.1) is 75.4 Å². The highest BCUT2D eigenvalue weighted by Gasteiger charge is 2.42. The zero-order chi connectivity index (χ0) is 25.4. The molecule has 7 atom stereocenters. The van der Waals surface area contributed by atoms with Crippen LogP contribution in [0.5, 0.6) is 0 Å². The molecule has 0 spiro atoms. The van der Waals surface area contributed by atoms with Gasteiger partial charge in [-0.25, -0.2) is 0 Å². The van der Waals surface area contributed by atoms with Gasteiger partial charge in [0.1, 0.15) is 0 Å². The minimum atomic E-state index is -0.147. The zero-order valence-corrected chi connectivity index (χ0v) is 22.8. The van der Waals surface area contributed by atoms with E-state index in [0.717, 1.165) is 55.8 Å². The smallest absolute Gasteiger partial charge is 0.0673 e. The third-order valence-corrected chi connectivity index (χ3v) is 12.1. The molecule has 1 aromatic rings. The van der Waals surface area contributed by atoms with Crippen molar-refractivity contribution in [2.45, 2.75) is 102 Å². The first-order valence-electron chi connectivity index (χ1n) is 14.9. The molecular weight excluding hydrogens is 472 g/mol. The molecule has 0 aromatic carbocycles. The highest BCUT2D eigenvalue weighted by molar-refractivity contribution is 7.12. The van der Waals surface area contributed by atoms with Gasteiger partial charge in [-0.1, -0.05) is 6.08 Å². The van der Waals surface area contributed by atoms with Crippen molar-refractivity contribution in [2.24, 2.45) is 41.4 Å². The zero-order valence-electron chi connectivity index (χ0n) is 22.0. The Labute approximate surface area is 226 Å². The molecule has 5 heteroatoms. The quantitative estimate of drug-likeness (QED) is 0.456. The van der Waals surface area contributed by atoms with Crippen LogP contribution in [0.2, 0.25) is 0 Å². The molecule has 37 heavy (non-hydrogen) atoms. The van der Waals surface area contributed by atoms with E-state index >= 15 is 0 Å². The van der Waals surface area contributed by atoms with Gasteiger partial charge in [-0.3, -0.25) is 0 Å². The van der Waals surface area contributed by atoms with Gasteiger partial charge in [-0.15, -0.1) is 11.3 Å². The molecule has 1 aromatic heterocycles. The molecule has 4 nitrogen and oxygen atoms in total. The second kappa shape index (κ2) is 10.8. The van der Waals surface area contributed by atoms with Gasteiger partial charge < -0.3 is 5.32 Å². The van der Waals surface area contributed by atoms with Crippen molar-refractivity contribution >= 4 is 11.3 Å². The predicted molar refractivity (Wildman–Crippen MR) is 146 cm³/mol. The highest BCUT2D eigenvalue weighted by Crippen LogP contribution is 2.51. The van der Waals surface area contributed by atoms with Gasteiger partial charge in [-0.05, 0) is 131 Å². The number of nitrogens with zero attached hydrogens (tertiary/aromatic N) is 3. The lowest BCUT2D eigenvalue weighted by Gasteiger charge is -2.34. The average molecular weight is 513 g/mol. The molecule has 3 saturated carbocycles. The molecule has 1 N–H and O–H groups in total. The lowest BCUT2D eigenvalue weighted by Crippen LogP contribution is -2.34. The second-order valence-electron chi connectivity index (χ2n) is 12.8. The Morgan fingerprint density at radius 3 is 2.22 bits per heavy atom. The van der Waals surface area contributed by atoms with E-state index in [1.165, 1.54) is 78.8 Å². The highest BCUT2D eigenvalue weighted by atomic mass is 32.1. The number of hydrogen-bond donors (Lipinski definition) is 1. The summed E-state index contributed by atoms with van der Waals surface area (Å²) in [6.07, 6.45) is 19.3. The largest absolute Gasteiger partial charge is 0.386 e. The summed E-state index contributed by atoms with van der Waals surface area (Å²) in [6, 6.07) is 10.3. The van der Waals surface area contributed by atoms with E-state index < -0.39 is 0 Å². The molecule has 0 aliphatic heterocycles. The molecule has 3 fully saturated rings. The Kier molecular flexibility index (Phi) is 7.32. The summed E-state index contributed by atoms with van der Waals surface area (Å²) in [7, 11) is 0. The minimum absolute atomic E-state index is 0.144. The number of allylic oxidation sites excluding steroid dienone is 2. The van der Waals surface area contributed by atoms with Crippen LogP contribution in [0.4, 0.5) is 0 Å². The number of thiophene rings is 1. The van der Waals surface area contributed by atoms with Gasteiger partial charge in [-0.2, -0.15) is 15.8 Å². The first-order chi connectivity index (χ1) is 18.1. The third kappa shape index (κ3) is 5.20. The number of fused-ring (bicyclic) bond motifs is 2. The van der Waals surface area contributed by atoms with E-state index in [1.807, 2.05) is 11.3 Å². The third-order valence-electron chi connectivity index (χ3n) is 10.8. The van der Waals surface area contributed by atoms with Gasteiger partial charge in [0.2, 0.25) is 0 Å². The first-order valence-corrected chi connectivity index (χ1v) is 15.7. The number of hydrogen-bond acceptors (Lipinski definition) is 5. The number of rotatable bonds is 4. The standard InChI is InChI=1S/C32H40N4S/c33-17-20-1-2-23-12-25(13-24(23)11-20)21-3-7-29(8-4-21)36-30-9-5-22(6-10-30)31-15-26-14-27(18-34)28(19-35)16-32(26)37-31/h9,15,20-25,27-29,36H,1-8,10-14,16H2. The summed E-state index contributed by atoms with van der Waals surface area (Å²) in [6.45, 7) is 0. The fraction of sp³-hybridized carbons (Fsp3) is 0.719. The number of nitriles is 3. The van der Waals surface area contributed by atoms with Crippen molar-refractivity contribution in [3.63, 3.8) is 0 Å². The van der Waals surface area contributed by atoms with Crippen LogP contribution in [0.15, 0.2) is 17.8 Å². The first kappa shape index (κ1) is 25.0. The normalized spacial score (nSPS) is 39.3. The van der Waals surface area contributed by atoms with Crippen molar-refractivity contribution < 1.29 is 0 Å². The van der Waals surface area contributed by atoms with Crippen molar-refractivity contribution in [1.29, 1.82) is 15.8 Å². The lowest BCUT2D eigenvalue weighted by molar-refractivity contribution is 0.217. The molecule has 0 amide bonds. The van der Waals surface area contributed by atoms with Crippen LogP contribution in [-0.4, -0.2) is 6.04 Å². The van der Waals surface area contributed by atoms with Crippen LogP contribution in [0.1, 0.15) is 98.3 Å². The Morgan fingerprint density at radius 2 is 1.49 bits per heavy atom. The molecule has 0 saturated heterocycles. The van der Waals surface area contributed by atoms with Crippen LogP contribution < -0.4 is 5.32 Å². The maximum absolute atomic E-state index is 9.45. The number of nitrogens with one attached hydrogen (secondary N) is 1. The Bertz CT molecular complexity index is 1100. The summed E-state index contributed by atoms with van der Waals surface area (Å²) >= 11 is 1.91. The Morgan fingerprint density at radius 1 is 0.757 bits per heavy atom. The van der Waals surface area contributed by atoms with Gasteiger partial charge in [0.15, 0.2) is 0 Å². The fourth-order valence-corrected chi connectivity index (χ4v) is 9.95. The molecule has 194 valence electrons. The van der Waals surface area contributed by atoms with Gasteiger partial charge >= 0.3 is 0 Å². The van der Waals surface area contributed by atoms with Gasteiger partial charge in [0, 0.05) is 27.4 Å². The topological polar surface area (TPSA) is 83.4 Å². The summed E-state index contributed by atoms with van der Waals surface area (Å²) in [5.41, 5.74) is 2.79. The minimum Gasteiger partial charge on any atom is -0.386 e. The van der Waals surface area contributed by atoms with Crippen molar-refractivity contribution in [2.75, 3.05) is 0 Å². The van der Waals surface area contributed by atoms with Crippen LogP contribution >= 0.6 is 11.3 Å². The van der Waals surface area contributed by atoms with Crippen molar-refractivity contribution in [1.82, 2.24) is 5.32 Å². The van der Waals surface area contributed by atoms with E-state index in [-0.39, 0.29) is 11.8 Å². The summed E-state index contributed by atoms with van der Waals surface area (Å²) in [4.78, 5) is 2.82. The maximum Gasteiger partial charge on any atom is 0.0673 e. The van der Waals surface area contributed by atoms with E-state index in [1.54, 1.807) is 0 Å². The molecule has 0 bridgehead atoms. The Balaban J connectivity index is 0.977. The van der Waals surface area contributed by atoms with Crippen LogP contribution in [0.25, 0.3) is 0 Å². The van der Waals surface area contributed by atoms with E-state index in [0.29, 0.717) is 17.9 Å². The van der Waals surface area contributed by atoms with Gasteiger partial charge in [0.05, 0.1) is 30.0 Å². The molecule has 1 heterocycles. The van der Waals surface area contributed by atoms with E-state index in [4.69, 9.17) is 0 Å². The van der Waals surface area contributed by atoms with Gasteiger partial charge in [0.25, 0.3) is 0 Å². The molecular formula is C32H40N4S. The molecule has 5 aliphatic rings. The lowest BCUT2D eigenvalue weighted by atomic mass is 9.76. The average Bonchev–Trinajstić information content (AvgIpc) is 3.56. The van der Waals surface area contributed by atoms with Crippen molar-refractivity contribution in [3.8, 4) is 18.2 Å². The Hall–Kier alpha value is -2.29. The SMILES string of the molecule is N#CC1CCC2CC(C3CCC(NC4=CCC(c5cc6c(s5)CC(C#N)C(C#N)C6)CC4)CC3)CC2C1. The van der Waals surface area contributed by atoms with Crippen LogP contribution in [-0.2, 0) is 12.8 Å².